The first kappa shape index (κ1) is 12.1. The van der Waals surface area contributed by atoms with Crippen LogP contribution in [0.5, 0.6) is 0 Å². The lowest BCUT2D eigenvalue weighted by atomic mass is 10.3. The summed E-state index contributed by atoms with van der Waals surface area (Å²) in [6.45, 7) is 3.65. The fourth-order valence-corrected chi connectivity index (χ4v) is 0.697. The molecule has 0 saturated carbocycles. The van der Waals surface area contributed by atoms with E-state index in [0.29, 0.717) is 13.0 Å². The highest BCUT2D eigenvalue weighted by atomic mass is 16.3. The second kappa shape index (κ2) is 7.72. The standard InChI is InChI=1S/C8H16N2O3/c1-2-9-5-8(13)10-4-3-7(12)6-11/h2,7,9,11-12H,1,3-6H2,(H,10,13)/q+1. The molecule has 0 aromatic carbocycles. The fourth-order valence-electron chi connectivity index (χ4n) is 0.697. The van der Waals surface area contributed by atoms with Gasteiger partial charge in [0, 0.05) is 6.54 Å². The summed E-state index contributed by atoms with van der Waals surface area (Å²) in [6, 6.07) is 0. The van der Waals surface area contributed by atoms with E-state index in [2.05, 4.69) is 17.2 Å². The van der Waals surface area contributed by atoms with Crippen LogP contribution in [0.25, 0.3) is 0 Å². The van der Waals surface area contributed by atoms with Crippen molar-refractivity contribution in [3.05, 3.63) is 12.8 Å². The van der Waals surface area contributed by atoms with Gasteiger partial charge in [-0.15, -0.1) is 5.32 Å². The van der Waals surface area contributed by atoms with Crippen molar-refractivity contribution >= 4 is 5.91 Å². The molecule has 0 saturated heterocycles. The van der Waals surface area contributed by atoms with E-state index in [1.807, 2.05) is 0 Å². The van der Waals surface area contributed by atoms with Gasteiger partial charge < -0.3 is 15.5 Å². The summed E-state index contributed by atoms with van der Waals surface area (Å²) in [5.41, 5.74) is 0. The number of hydrogen-bond donors (Lipinski definition) is 4. The van der Waals surface area contributed by atoms with Gasteiger partial charge in [0.25, 0.3) is 5.91 Å². The number of aliphatic hydroxyl groups is 2. The summed E-state index contributed by atoms with van der Waals surface area (Å²) in [5, 5.41) is 22.6. The molecular weight excluding hydrogens is 172 g/mol. The molecule has 13 heavy (non-hydrogen) atoms. The van der Waals surface area contributed by atoms with E-state index in [9.17, 15) is 4.79 Å². The lowest BCUT2D eigenvalue weighted by Crippen LogP contribution is -2.80. The van der Waals surface area contributed by atoms with E-state index in [-0.39, 0.29) is 19.1 Å². The Morgan fingerprint density at radius 3 is 2.92 bits per heavy atom. The molecule has 1 radical (unpaired) electrons. The molecule has 0 bridgehead atoms. The van der Waals surface area contributed by atoms with Crippen molar-refractivity contribution in [2.75, 3.05) is 19.7 Å². The Bertz CT molecular complexity index is 161. The van der Waals surface area contributed by atoms with Crippen LogP contribution in [0.1, 0.15) is 6.42 Å². The summed E-state index contributed by atoms with van der Waals surface area (Å²) in [5.74, 6) is -0.162. The average molecular weight is 188 g/mol. The number of rotatable bonds is 7. The Balaban J connectivity index is 3.31. The highest BCUT2D eigenvalue weighted by molar-refractivity contribution is 5.76. The van der Waals surface area contributed by atoms with E-state index in [1.165, 1.54) is 6.20 Å². The van der Waals surface area contributed by atoms with Crippen molar-refractivity contribution in [2.24, 2.45) is 0 Å². The third kappa shape index (κ3) is 7.45. The highest BCUT2D eigenvalue weighted by Gasteiger charge is 2.05. The van der Waals surface area contributed by atoms with Crippen molar-refractivity contribution in [1.82, 2.24) is 5.32 Å². The Hall–Kier alpha value is -0.910. The van der Waals surface area contributed by atoms with Crippen LogP contribution in [0.15, 0.2) is 12.8 Å². The molecule has 0 fully saturated rings. The summed E-state index contributed by atoms with van der Waals surface area (Å²) >= 11 is 0. The maximum atomic E-state index is 10.9. The second-order valence-corrected chi connectivity index (χ2v) is 2.56. The van der Waals surface area contributed by atoms with E-state index in [4.69, 9.17) is 10.2 Å². The van der Waals surface area contributed by atoms with Gasteiger partial charge in [-0.25, -0.2) is 0 Å². The fraction of sp³-hybridized carbons (Fsp3) is 0.625. The summed E-state index contributed by atoms with van der Waals surface area (Å²) < 4.78 is 0. The van der Waals surface area contributed by atoms with Crippen LogP contribution in [0.2, 0.25) is 0 Å². The number of aliphatic hydroxyl groups excluding tert-OH is 2. The second-order valence-electron chi connectivity index (χ2n) is 2.56. The minimum absolute atomic E-state index is 0.162. The summed E-state index contributed by atoms with van der Waals surface area (Å²) in [4.78, 5) is 10.9. The summed E-state index contributed by atoms with van der Waals surface area (Å²) in [6.07, 6.45) is 1.03. The number of hydrogen-bond acceptors (Lipinski definition) is 4. The predicted octanol–water partition coefficient (Wildman–Crippen LogP) is -2.66. The molecule has 0 aliphatic carbocycles. The number of carbonyl (C=O) groups excluding carboxylic acids is 1. The molecule has 0 aliphatic rings. The first-order chi connectivity index (χ1) is 6.20. The van der Waals surface area contributed by atoms with Crippen molar-refractivity contribution in [3.8, 4) is 0 Å². The molecule has 5 nitrogen and oxygen atoms in total. The topological polar surface area (TPSA) is 85.2 Å². The molecular formula is C8H16N2O3+. The van der Waals surface area contributed by atoms with Crippen LogP contribution < -0.4 is 10.6 Å². The monoisotopic (exact) mass is 188 g/mol. The van der Waals surface area contributed by atoms with Crippen LogP contribution in [0.3, 0.4) is 0 Å². The zero-order valence-corrected chi connectivity index (χ0v) is 7.49. The van der Waals surface area contributed by atoms with Gasteiger partial charge in [0.15, 0.2) is 0 Å². The SMILES string of the molecule is C=C[NH+]CC(=O)NCCC(O)CO. The largest absolute Gasteiger partial charge is 0.394 e. The van der Waals surface area contributed by atoms with Gasteiger partial charge >= 0.3 is 0 Å². The molecule has 0 aliphatic heterocycles. The molecule has 1 atom stereocenters. The third-order valence-electron chi connectivity index (χ3n) is 1.42. The Labute approximate surface area is 77.5 Å². The zero-order chi connectivity index (χ0) is 10.1. The quantitative estimate of drug-likeness (QED) is 0.352. The van der Waals surface area contributed by atoms with Crippen molar-refractivity contribution in [3.63, 3.8) is 0 Å². The smallest absolute Gasteiger partial charge is 0.280 e. The van der Waals surface area contributed by atoms with Gasteiger partial charge in [0.05, 0.1) is 12.7 Å². The minimum atomic E-state index is -0.757. The highest BCUT2D eigenvalue weighted by Crippen LogP contribution is 1.86. The van der Waals surface area contributed by atoms with Crippen LogP contribution in [0, 0.1) is 0 Å². The van der Waals surface area contributed by atoms with Gasteiger partial charge in [0.2, 0.25) is 6.54 Å². The van der Waals surface area contributed by atoms with E-state index in [0.717, 1.165) is 0 Å². The Kier molecular flexibility index (Phi) is 7.18. The van der Waals surface area contributed by atoms with Gasteiger partial charge in [-0.2, -0.15) is 0 Å². The average Bonchev–Trinajstić information content (AvgIpc) is 2.14. The normalized spacial score (nSPS) is 12.2. The first-order valence-corrected chi connectivity index (χ1v) is 4.10. The van der Waals surface area contributed by atoms with E-state index >= 15 is 0 Å². The van der Waals surface area contributed by atoms with Crippen LogP contribution >= 0.6 is 0 Å². The summed E-state index contributed by atoms with van der Waals surface area (Å²) in [7, 11) is 0. The molecule has 1 unspecified atom stereocenters. The van der Waals surface area contributed by atoms with E-state index < -0.39 is 6.10 Å². The molecule has 1 amide bonds. The first-order valence-electron chi connectivity index (χ1n) is 4.10. The lowest BCUT2D eigenvalue weighted by Gasteiger charge is -2.06. The predicted molar refractivity (Wildman–Crippen MR) is 46.7 cm³/mol. The van der Waals surface area contributed by atoms with Gasteiger partial charge in [0.1, 0.15) is 6.20 Å². The van der Waals surface area contributed by atoms with Crippen molar-refractivity contribution in [1.29, 1.82) is 0 Å². The molecule has 0 aromatic rings. The van der Waals surface area contributed by atoms with Crippen molar-refractivity contribution < 1.29 is 20.3 Å². The molecule has 0 rings (SSSR count). The maximum Gasteiger partial charge on any atom is 0.280 e. The van der Waals surface area contributed by atoms with Crippen LogP contribution in [-0.4, -0.2) is 41.9 Å². The third-order valence-corrected chi connectivity index (χ3v) is 1.42. The lowest BCUT2D eigenvalue weighted by molar-refractivity contribution is -0.575. The Morgan fingerprint density at radius 2 is 2.38 bits per heavy atom. The number of amides is 1. The van der Waals surface area contributed by atoms with Gasteiger partial charge in [-0.05, 0) is 13.0 Å². The van der Waals surface area contributed by atoms with Crippen molar-refractivity contribution in [2.45, 2.75) is 12.5 Å². The molecule has 75 valence electrons. The number of carbonyl (C=O) groups is 1. The maximum absolute atomic E-state index is 10.9. The van der Waals surface area contributed by atoms with Crippen LogP contribution in [0.4, 0.5) is 0 Å². The van der Waals surface area contributed by atoms with Gasteiger partial charge in [-0.1, -0.05) is 0 Å². The Morgan fingerprint density at radius 1 is 1.69 bits per heavy atom. The van der Waals surface area contributed by atoms with E-state index in [1.54, 1.807) is 0 Å². The molecule has 0 heterocycles. The molecule has 0 spiro atoms. The minimum Gasteiger partial charge on any atom is -0.394 e. The number of nitrogens with one attached hydrogen (secondary N) is 2. The zero-order valence-electron chi connectivity index (χ0n) is 7.49. The molecule has 0 aromatic heterocycles. The molecule has 5 heteroatoms. The van der Waals surface area contributed by atoms with Crippen LogP contribution in [-0.2, 0) is 4.79 Å². The van der Waals surface area contributed by atoms with Gasteiger partial charge in [-0.3, -0.25) is 4.79 Å². The molecule has 4 N–H and O–H groups in total.